The zero-order chi connectivity index (χ0) is 9.26. The van der Waals surface area contributed by atoms with Crippen molar-refractivity contribution in [2.24, 2.45) is 11.7 Å². The molecule has 0 aromatic heterocycles. The van der Waals surface area contributed by atoms with Crippen molar-refractivity contribution in [3.05, 3.63) is 35.4 Å². The quantitative estimate of drug-likeness (QED) is 0.812. The highest BCUT2D eigenvalue weighted by molar-refractivity contribution is 5.85. The molecule has 0 unspecified atom stereocenters. The number of benzene rings is 1. The van der Waals surface area contributed by atoms with Gasteiger partial charge in [-0.3, -0.25) is 0 Å². The third-order valence-electron chi connectivity index (χ3n) is 2.55. The van der Waals surface area contributed by atoms with Gasteiger partial charge in [-0.2, -0.15) is 5.26 Å². The molecule has 0 aliphatic heterocycles. The second kappa shape index (κ2) is 4.45. The van der Waals surface area contributed by atoms with E-state index in [0.29, 0.717) is 11.5 Å². The lowest BCUT2D eigenvalue weighted by molar-refractivity contribution is 0.633. The van der Waals surface area contributed by atoms with Gasteiger partial charge >= 0.3 is 0 Å². The molecular weight excluding hydrogens is 196 g/mol. The summed E-state index contributed by atoms with van der Waals surface area (Å²) in [6, 6.07) is 9.85. The van der Waals surface area contributed by atoms with Crippen LogP contribution in [0, 0.1) is 17.2 Å². The summed E-state index contributed by atoms with van der Waals surface area (Å²) in [5.74, 6) is 0.674. The second-order valence-electron chi connectivity index (χ2n) is 3.60. The van der Waals surface area contributed by atoms with Crippen LogP contribution in [0.5, 0.6) is 0 Å². The highest BCUT2D eigenvalue weighted by atomic mass is 35.5. The van der Waals surface area contributed by atoms with Gasteiger partial charge in [0.25, 0.3) is 0 Å². The van der Waals surface area contributed by atoms with Gasteiger partial charge in [-0.15, -0.1) is 12.4 Å². The zero-order valence-corrected chi connectivity index (χ0v) is 8.63. The summed E-state index contributed by atoms with van der Waals surface area (Å²) >= 11 is 0. The number of nitrogens with two attached hydrogens (primary N) is 1. The maximum Gasteiger partial charge on any atom is 0.0991 e. The molecule has 74 valence electrons. The topological polar surface area (TPSA) is 49.8 Å². The third kappa shape index (κ3) is 2.25. The molecule has 1 atom stereocenters. The SMILES string of the molecule is Cl.N#Cc1ccc([C@H](N)C2CC2)cc1. The molecule has 0 saturated heterocycles. The Morgan fingerprint density at radius 2 is 1.86 bits per heavy atom. The van der Waals surface area contributed by atoms with Gasteiger partial charge in [0.15, 0.2) is 0 Å². The van der Waals surface area contributed by atoms with E-state index in [1.54, 1.807) is 0 Å². The molecule has 2 rings (SSSR count). The van der Waals surface area contributed by atoms with Crippen LogP contribution in [0.1, 0.15) is 30.0 Å². The molecule has 1 aliphatic rings. The van der Waals surface area contributed by atoms with E-state index in [2.05, 4.69) is 6.07 Å². The van der Waals surface area contributed by atoms with Crippen LogP contribution >= 0.6 is 12.4 Å². The van der Waals surface area contributed by atoms with Crippen LogP contribution in [0.2, 0.25) is 0 Å². The molecule has 3 heteroatoms. The van der Waals surface area contributed by atoms with Crippen molar-refractivity contribution in [2.45, 2.75) is 18.9 Å². The van der Waals surface area contributed by atoms with E-state index in [-0.39, 0.29) is 18.4 Å². The summed E-state index contributed by atoms with van der Waals surface area (Å²) < 4.78 is 0. The Morgan fingerprint density at radius 3 is 2.29 bits per heavy atom. The van der Waals surface area contributed by atoms with Gasteiger partial charge in [-0.1, -0.05) is 12.1 Å². The first-order valence-electron chi connectivity index (χ1n) is 4.57. The molecule has 1 aromatic rings. The number of nitrogens with zero attached hydrogens (tertiary/aromatic N) is 1. The van der Waals surface area contributed by atoms with E-state index in [4.69, 9.17) is 11.0 Å². The maximum atomic E-state index is 8.61. The van der Waals surface area contributed by atoms with Crippen molar-refractivity contribution >= 4 is 12.4 Å². The average Bonchev–Trinajstić information content (AvgIpc) is 3.00. The fourth-order valence-corrected chi connectivity index (χ4v) is 1.51. The molecule has 2 N–H and O–H groups in total. The van der Waals surface area contributed by atoms with E-state index in [1.807, 2.05) is 24.3 Å². The minimum absolute atomic E-state index is 0. The van der Waals surface area contributed by atoms with Crippen LogP contribution in [0.4, 0.5) is 0 Å². The van der Waals surface area contributed by atoms with Crippen molar-refractivity contribution < 1.29 is 0 Å². The molecule has 1 aromatic carbocycles. The van der Waals surface area contributed by atoms with E-state index in [9.17, 15) is 0 Å². The summed E-state index contributed by atoms with van der Waals surface area (Å²) in [6.07, 6.45) is 2.50. The zero-order valence-electron chi connectivity index (χ0n) is 7.81. The summed E-state index contributed by atoms with van der Waals surface area (Å²) in [4.78, 5) is 0. The normalized spacial score (nSPS) is 16.6. The molecule has 14 heavy (non-hydrogen) atoms. The monoisotopic (exact) mass is 208 g/mol. The lowest BCUT2D eigenvalue weighted by Gasteiger charge is -2.09. The Morgan fingerprint density at radius 1 is 1.29 bits per heavy atom. The van der Waals surface area contributed by atoms with Crippen molar-refractivity contribution in [3.63, 3.8) is 0 Å². The minimum atomic E-state index is 0. The van der Waals surface area contributed by atoms with Crippen LogP contribution < -0.4 is 5.73 Å². The van der Waals surface area contributed by atoms with Crippen LogP contribution in [0.25, 0.3) is 0 Å². The molecule has 0 bridgehead atoms. The van der Waals surface area contributed by atoms with Crippen LogP contribution in [0.15, 0.2) is 24.3 Å². The van der Waals surface area contributed by atoms with E-state index < -0.39 is 0 Å². The molecule has 0 spiro atoms. The van der Waals surface area contributed by atoms with Crippen molar-refractivity contribution in [1.29, 1.82) is 5.26 Å². The molecule has 2 nitrogen and oxygen atoms in total. The molecular formula is C11H13ClN2. The Bertz CT molecular complexity index is 335. The lowest BCUT2D eigenvalue weighted by atomic mass is 10.0. The van der Waals surface area contributed by atoms with E-state index >= 15 is 0 Å². The fourth-order valence-electron chi connectivity index (χ4n) is 1.51. The number of rotatable bonds is 2. The molecule has 0 amide bonds. The van der Waals surface area contributed by atoms with Crippen LogP contribution in [-0.2, 0) is 0 Å². The van der Waals surface area contributed by atoms with Crippen molar-refractivity contribution in [1.82, 2.24) is 0 Å². The smallest absolute Gasteiger partial charge is 0.0991 e. The molecule has 0 heterocycles. The van der Waals surface area contributed by atoms with E-state index in [0.717, 1.165) is 5.56 Å². The first-order chi connectivity index (χ1) is 6.31. The van der Waals surface area contributed by atoms with Crippen molar-refractivity contribution in [2.75, 3.05) is 0 Å². The van der Waals surface area contributed by atoms with Gasteiger partial charge in [0, 0.05) is 6.04 Å². The van der Waals surface area contributed by atoms with Gasteiger partial charge in [0.05, 0.1) is 11.6 Å². The highest BCUT2D eigenvalue weighted by Gasteiger charge is 2.29. The van der Waals surface area contributed by atoms with E-state index in [1.165, 1.54) is 12.8 Å². The second-order valence-corrected chi connectivity index (χ2v) is 3.60. The van der Waals surface area contributed by atoms with Gasteiger partial charge in [-0.05, 0) is 36.5 Å². The Hall–Kier alpha value is -1.04. The third-order valence-corrected chi connectivity index (χ3v) is 2.55. The molecule has 0 radical (unpaired) electrons. The summed E-state index contributed by atoms with van der Waals surface area (Å²) in [6.45, 7) is 0. The van der Waals surface area contributed by atoms with Gasteiger partial charge in [-0.25, -0.2) is 0 Å². The number of hydrogen-bond acceptors (Lipinski definition) is 2. The molecule has 1 aliphatic carbocycles. The molecule has 1 fully saturated rings. The number of halogens is 1. The predicted octanol–water partition coefficient (Wildman–Crippen LogP) is 2.39. The Labute approximate surface area is 90.1 Å². The van der Waals surface area contributed by atoms with Crippen LogP contribution in [-0.4, -0.2) is 0 Å². The van der Waals surface area contributed by atoms with Gasteiger partial charge in [0.2, 0.25) is 0 Å². The number of nitriles is 1. The Kier molecular flexibility index (Phi) is 3.51. The lowest BCUT2D eigenvalue weighted by Crippen LogP contribution is -2.11. The maximum absolute atomic E-state index is 8.61. The van der Waals surface area contributed by atoms with Crippen molar-refractivity contribution in [3.8, 4) is 6.07 Å². The highest BCUT2D eigenvalue weighted by Crippen LogP contribution is 2.39. The largest absolute Gasteiger partial charge is 0.324 e. The summed E-state index contributed by atoms with van der Waals surface area (Å²) in [7, 11) is 0. The minimum Gasteiger partial charge on any atom is -0.324 e. The fraction of sp³-hybridized carbons (Fsp3) is 0.364. The predicted molar refractivity (Wildman–Crippen MR) is 58.1 cm³/mol. The van der Waals surface area contributed by atoms with Crippen LogP contribution in [0.3, 0.4) is 0 Å². The molecule has 1 saturated carbocycles. The Balaban J connectivity index is 0.000000980. The summed E-state index contributed by atoms with van der Waals surface area (Å²) in [5.41, 5.74) is 7.86. The first-order valence-corrected chi connectivity index (χ1v) is 4.57. The standard InChI is InChI=1S/C11H12N2.ClH/c12-7-8-1-3-9(4-2-8)11(13)10-5-6-10;/h1-4,10-11H,5-6,13H2;1H/t11-;/m0./s1. The van der Waals surface area contributed by atoms with Gasteiger partial charge in [0.1, 0.15) is 0 Å². The number of hydrogen-bond donors (Lipinski definition) is 1. The average molecular weight is 209 g/mol. The summed E-state index contributed by atoms with van der Waals surface area (Å²) in [5, 5.41) is 8.61. The first kappa shape index (κ1) is 11.0. The van der Waals surface area contributed by atoms with Gasteiger partial charge < -0.3 is 5.73 Å².